The molecule has 1 aromatic rings. The van der Waals surface area contributed by atoms with Crippen molar-refractivity contribution in [3.63, 3.8) is 0 Å². The fourth-order valence-electron chi connectivity index (χ4n) is 1.07. The largest absolute Gasteiger partial charge is 0.241 e. The first-order valence-electron chi connectivity index (χ1n) is 4.65. The van der Waals surface area contributed by atoms with E-state index in [-0.39, 0.29) is 4.90 Å². The van der Waals surface area contributed by atoms with Gasteiger partial charge in [0.25, 0.3) is 0 Å². The van der Waals surface area contributed by atoms with Crippen LogP contribution in [0.3, 0.4) is 0 Å². The van der Waals surface area contributed by atoms with Crippen molar-refractivity contribution in [3.05, 3.63) is 27.7 Å². The van der Waals surface area contributed by atoms with Crippen LogP contribution in [0.25, 0.3) is 0 Å². The molecule has 0 aliphatic carbocycles. The summed E-state index contributed by atoms with van der Waals surface area (Å²) < 4.78 is 26.9. The van der Waals surface area contributed by atoms with Crippen LogP contribution in [-0.2, 0) is 10.0 Å². The first-order valence-corrected chi connectivity index (χ1v) is 7.30. The number of sulfonamides is 1. The van der Waals surface area contributed by atoms with Crippen LogP contribution in [0.2, 0.25) is 5.02 Å². The van der Waals surface area contributed by atoms with E-state index in [0.717, 1.165) is 0 Å². The summed E-state index contributed by atoms with van der Waals surface area (Å²) in [5.74, 6) is 2.37. The third kappa shape index (κ3) is 3.71. The minimum absolute atomic E-state index is 0.108. The van der Waals surface area contributed by atoms with Gasteiger partial charge in [-0.15, -0.1) is 6.42 Å². The molecule has 17 heavy (non-hydrogen) atoms. The average Bonchev–Trinajstić information content (AvgIpc) is 2.20. The molecule has 0 amide bonds. The topological polar surface area (TPSA) is 46.2 Å². The second-order valence-corrected chi connectivity index (χ2v) is 6.89. The molecule has 1 aromatic carbocycles. The van der Waals surface area contributed by atoms with E-state index in [1.807, 2.05) is 0 Å². The Kier molecular flexibility index (Phi) is 4.26. The Hall–Kier alpha value is -0.540. The molecule has 0 saturated heterocycles. The predicted octanol–water partition coefficient (Wildman–Crippen LogP) is 2.79. The molecule has 0 atom stereocenters. The highest BCUT2D eigenvalue weighted by molar-refractivity contribution is 9.10. The molecule has 1 rings (SSSR count). The van der Waals surface area contributed by atoms with Crippen molar-refractivity contribution in [2.45, 2.75) is 24.3 Å². The fourth-order valence-corrected chi connectivity index (χ4v) is 3.08. The van der Waals surface area contributed by atoms with Crippen LogP contribution >= 0.6 is 27.5 Å². The lowest BCUT2D eigenvalue weighted by Crippen LogP contribution is -2.41. The van der Waals surface area contributed by atoms with Crippen LogP contribution in [0.4, 0.5) is 0 Å². The van der Waals surface area contributed by atoms with Crippen molar-refractivity contribution in [3.8, 4) is 12.3 Å². The number of hydrogen-bond donors (Lipinski definition) is 1. The summed E-state index contributed by atoms with van der Waals surface area (Å²) in [5, 5.41) is 0.445. The maximum absolute atomic E-state index is 12.0. The molecule has 0 heterocycles. The van der Waals surface area contributed by atoms with Gasteiger partial charge in [0, 0.05) is 4.47 Å². The zero-order chi connectivity index (χ0) is 13.3. The highest BCUT2D eigenvalue weighted by Gasteiger charge is 2.24. The highest BCUT2D eigenvalue weighted by Crippen LogP contribution is 2.25. The van der Waals surface area contributed by atoms with Gasteiger partial charge in [0.15, 0.2) is 0 Å². The molecule has 0 spiro atoms. The van der Waals surface area contributed by atoms with E-state index in [1.54, 1.807) is 13.8 Å². The highest BCUT2D eigenvalue weighted by atomic mass is 79.9. The molecule has 0 aliphatic rings. The monoisotopic (exact) mass is 335 g/mol. The van der Waals surface area contributed by atoms with E-state index in [2.05, 4.69) is 26.6 Å². The second kappa shape index (κ2) is 4.99. The standard InChI is InChI=1S/C11H11BrClNO2S/c1-4-11(2,3)14-17(15,16)8-5-6-10(13)9(12)7-8/h1,5-7,14H,2-3H3. The lowest BCUT2D eigenvalue weighted by Gasteiger charge is -2.19. The number of halogens is 2. The predicted molar refractivity (Wildman–Crippen MR) is 72.4 cm³/mol. The van der Waals surface area contributed by atoms with Crippen LogP contribution in [0.5, 0.6) is 0 Å². The summed E-state index contributed by atoms with van der Waals surface area (Å²) in [6.07, 6.45) is 5.24. The van der Waals surface area contributed by atoms with Crippen LogP contribution in [0.1, 0.15) is 13.8 Å². The minimum atomic E-state index is -3.65. The number of hydrogen-bond acceptors (Lipinski definition) is 2. The summed E-state index contributed by atoms with van der Waals surface area (Å²) in [7, 11) is -3.65. The van der Waals surface area contributed by atoms with Crippen LogP contribution in [0.15, 0.2) is 27.6 Å². The van der Waals surface area contributed by atoms with Gasteiger partial charge in [-0.2, -0.15) is 4.72 Å². The Balaban J connectivity index is 3.16. The van der Waals surface area contributed by atoms with Crippen LogP contribution in [0, 0.1) is 12.3 Å². The Morgan fingerprint density at radius 3 is 2.53 bits per heavy atom. The van der Waals surface area contributed by atoms with Gasteiger partial charge in [-0.05, 0) is 48.0 Å². The van der Waals surface area contributed by atoms with Crippen molar-refractivity contribution in [1.82, 2.24) is 4.72 Å². The van der Waals surface area contributed by atoms with Gasteiger partial charge in [0.05, 0.1) is 15.5 Å². The van der Waals surface area contributed by atoms with Gasteiger partial charge < -0.3 is 0 Å². The van der Waals surface area contributed by atoms with Gasteiger partial charge in [-0.3, -0.25) is 0 Å². The van der Waals surface area contributed by atoms with E-state index in [4.69, 9.17) is 18.0 Å². The van der Waals surface area contributed by atoms with Crippen molar-refractivity contribution >= 4 is 37.6 Å². The van der Waals surface area contributed by atoms with Gasteiger partial charge in [-0.25, -0.2) is 8.42 Å². The zero-order valence-electron chi connectivity index (χ0n) is 9.29. The molecule has 0 aromatic heterocycles. The van der Waals surface area contributed by atoms with Crippen molar-refractivity contribution in [2.75, 3.05) is 0 Å². The Labute approximate surface area is 115 Å². The maximum Gasteiger partial charge on any atom is 0.241 e. The molecule has 0 saturated carbocycles. The molecule has 92 valence electrons. The van der Waals surface area contributed by atoms with Crippen molar-refractivity contribution < 1.29 is 8.42 Å². The molecule has 0 bridgehead atoms. The first kappa shape index (κ1) is 14.5. The van der Waals surface area contributed by atoms with Gasteiger partial charge in [0.2, 0.25) is 10.0 Å². The van der Waals surface area contributed by atoms with Gasteiger partial charge in [0.1, 0.15) is 0 Å². The van der Waals surface area contributed by atoms with Gasteiger partial charge in [-0.1, -0.05) is 17.5 Å². The van der Waals surface area contributed by atoms with Crippen molar-refractivity contribution in [2.24, 2.45) is 0 Å². The first-order chi connectivity index (χ1) is 7.68. The Morgan fingerprint density at radius 1 is 1.47 bits per heavy atom. The molecular formula is C11H11BrClNO2S. The summed E-state index contributed by atoms with van der Waals surface area (Å²) >= 11 is 8.97. The summed E-state index contributed by atoms with van der Waals surface area (Å²) in [6.45, 7) is 3.21. The number of benzene rings is 1. The number of terminal acetylenes is 1. The SMILES string of the molecule is C#CC(C)(C)NS(=O)(=O)c1ccc(Cl)c(Br)c1. The fraction of sp³-hybridized carbons (Fsp3) is 0.273. The third-order valence-electron chi connectivity index (χ3n) is 1.95. The Bertz CT molecular complexity index is 576. The number of rotatable bonds is 3. The summed E-state index contributed by atoms with van der Waals surface area (Å²) in [4.78, 5) is 0.108. The van der Waals surface area contributed by atoms with Crippen LogP contribution in [-0.4, -0.2) is 14.0 Å². The molecule has 3 nitrogen and oxygen atoms in total. The van der Waals surface area contributed by atoms with Gasteiger partial charge >= 0.3 is 0 Å². The van der Waals surface area contributed by atoms with Crippen LogP contribution < -0.4 is 4.72 Å². The maximum atomic E-state index is 12.0. The second-order valence-electron chi connectivity index (χ2n) is 3.95. The average molecular weight is 337 g/mol. The normalized spacial score (nSPS) is 12.2. The smallest absolute Gasteiger partial charge is 0.207 e. The van der Waals surface area contributed by atoms with E-state index >= 15 is 0 Å². The molecule has 0 radical (unpaired) electrons. The van der Waals surface area contributed by atoms with Crippen molar-refractivity contribution in [1.29, 1.82) is 0 Å². The summed E-state index contributed by atoms with van der Waals surface area (Å²) in [6, 6.07) is 4.35. The third-order valence-corrected chi connectivity index (χ3v) is 4.82. The Morgan fingerprint density at radius 2 is 2.06 bits per heavy atom. The quantitative estimate of drug-likeness (QED) is 0.863. The number of nitrogens with one attached hydrogen (secondary N) is 1. The van der Waals surface area contributed by atoms with E-state index in [0.29, 0.717) is 9.50 Å². The lowest BCUT2D eigenvalue weighted by molar-refractivity contribution is 0.539. The van der Waals surface area contributed by atoms with E-state index < -0.39 is 15.6 Å². The molecule has 6 heteroatoms. The molecule has 0 fully saturated rings. The molecule has 1 N–H and O–H groups in total. The molecular weight excluding hydrogens is 326 g/mol. The zero-order valence-corrected chi connectivity index (χ0v) is 12.4. The minimum Gasteiger partial charge on any atom is -0.207 e. The van der Waals surface area contributed by atoms with E-state index in [9.17, 15) is 8.42 Å². The molecule has 0 unspecified atom stereocenters. The van der Waals surface area contributed by atoms with E-state index in [1.165, 1.54) is 18.2 Å². The lowest BCUT2D eigenvalue weighted by atomic mass is 10.1. The molecule has 0 aliphatic heterocycles. The summed E-state index contributed by atoms with van der Waals surface area (Å²) in [5.41, 5.74) is -0.940.